The molecule has 2 aromatic carbocycles. The van der Waals surface area contributed by atoms with Crippen molar-refractivity contribution < 1.29 is 23.8 Å². The summed E-state index contributed by atoms with van der Waals surface area (Å²) >= 11 is 1.38. The second-order valence-electron chi connectivity index (χ2n) is 9.39. The highest BCUT2D eigenvalue weighted by atomic mass is 32.2. The maximum atomic E-state index is 13.1. The van der Waals surface area contributed by atoms with E-state index in [4.69, 9.17) is 14.2 Å². The molecule has 0 spiro atoms. The molecule has 1 aromatic heterocycles. The third-order valence-corrected chi connectivity index (χ3v) is 7.71. The first kappa shape index (κ1) is 28.3. The van der Waals surface area contributed by atoms with Crippen molar-refractivity contribution in [3.63, 3.8) is 0 Å². The second-order valence-corrected chi connectivity index (χ2v) is 10.7. The predicted molar refractivity (Wildman–Crippen MR) is 152 cm³/mol. The number of hydrogen-bond donors (Lipinski definition) is 2. The molecule has 2 N–H and O–H groups in total. The van der Waals surface area contributed by atoms with E-state index in [2.05, 4.69) is 25.4 Å². The zero-order valence-electron chi connectivity index (χ0n) is 22.9. The van der Waals surface area contributed by atoms with Gasteiger partial charge in [0.2, 0.25) is 17.6 Å². The molecule has 3 aromatic rings. The van der Waals surface area contributed by atoms with Crippen molar-refractivity contribution in [2.24, 2.45) is 0 Å². The third-order valence-electron chi connectivity index (χ3n) is 6.65. The Morgan fingerprint density at radius 1 is 0.923 bits per heavy atom. The van der Waals surface area contributed by atoms with Gasteiger partial charge in [-0.2, -0.15) is 0 Å². The number of nitrogens with zero attached hydrogens (tertiary/aromatic N) is 3. The SMILES string of the molecule is COc1cc(-c2nnc(S[C@@H](C)C(=O)Nc3ccc(NC(C)=O)cc3)n2C2CCCCC2)cc(OC)c1OC. The predicted octanol–water partition coefficient (Wildman–Crippen LogP) is 5.55. The highest BCUT2D eigenvalue weighted by Gasteiger charge is 2.28. The van der Waals surface area contributed by atoms with Crippen LogP contribution in [0.5, 0.6) is 17.2 Å². The highest BCUT2D eigenvalue weighted by Crippen LogP contribution is 2.43. The Labute approximate surface area is 232 Å². The van der Waals surface area contributed by atoms with Gasteiger partial charge in [-0.1, -0.05) is 31.0 Å². The van der Waals surface area contributed by atoms with Crippen molar-refractivity contribution in [3.8, 4) is 28.6 Å². The molecule has 0 aliphatic heterocycles. The molecule has 39 heavy (non-hydrogen) atoms. The molecule has 11 heteroatoms. The lowest BCUT2D eigenvalue weighted by Gasteiger charge is -2.26. The van der Waals surface area contributed by atoms with Crippen molar-refractivity contribution >= 4 is 35.0 Å². The number of hydrogen-bond acceptors (Lipinski definition) is 8. The largest absolute Gasteiger partial charge is 0.493 e. The van der Waals surface area contributed by atoms with Gasteiger partial charge < -0.3 is 24.8 Å². The fourth-order valence-corrected chi connectivity index (χ4v) is 5.65. The zero-order valence-corrected chi connectivity index (χ0v) is 23.8. The number of methoxy groups -OCH3 is 3. The molecule has 1 fully saturated rings. The monoisotopic (exact) mass is 553 g/mol. The molecule has 0 bridgehead atoms. The van der Waals surface area contributed by atoms with Crippen LogP contribution in [-0.4, -0.2) is 53.2 Å². The number of anilines is 2. The molecule has 0 unspecified atom stereocenters. The fourth-order valence-electron chi connectivity index (χ4n) is 4.73. The van der Waals surface area contributed by atoms with Gasteiger partial charge in [0, 0.05) is 29.9 Å². The summed E-state index contributed by atoms with van der Waals surface area (Å²) in [5, 5.41) is 15.0. The maximum absolute atomic E-state index is 13.1. The average molecular weight is 554 g/mol. The summed E-state index contributed by atoms with van der Waals surface area (Å²) in [5.41, 5.74) is 2.11. The number of thioether (sulfide) groups is 1. The number of carbonyl (C=O) groups is 2. The Balaban J connectivity index is 1.60. The summed E-state index contributed by atoms with van der Waals surface area (Å²) in [6.45, 7) is 3.30. The van der Waals surface area contributed by atoms with Crippen LogP contribution >= 0.6 is 11.8 Å². The molecule has 1 heterocycles. The number of benzene rings is 2. The average Bonchev–Trinajstić information content (AvgIpc) is 3.36. The van der Waals surface area contributed by atoms with Crippen LogP contribution in [0.4, 0.5) is 11.4 Å². The van der Waals surface area contributed by atoms with E-state index in [1.165, 1.54) is 25.1 Å². The van der Waals surface area contributed by atoms with Crippen LogP contribution in [0.3, 0.4) is 0 Å². The van der Waals surface area contributed by atoms with Gasteiger partial charge >= 0.3 is 0 Å². The lowest BCUT2D eigenvalue weighted by Crippen LogP contribution is -2.23. The van der Waals surface area contributed by atoms with Crippen LogP contribution in [0.15, 0.2) is 41.6 Å². The molecule has 1 aliphatic rings. The molecule has 1 saturated carbocycles. The molecule has 10 nitrogen and oxygen atoms in total. The first-order chi connectivity index (χ1) is 18.8. The van der Waals surface area contributed by atoms with Crippen LogP contribution < -0.4 is 24.8 Å². The maximum Gasteiger partial charge on any atom is 0.237 e. The molecule has 0 radical (unpaired) electrons. The van der Waals surface area contributed by atoms with Gasteiger partial charge in [-0.15, -0.1) is 10.2 Å². The van der Waals surface area contributed by atoms with E-state index in [0.29, 0.717) is 39.6 Å². The Hall–Kier alpha value is -3.73. The number of aromatic nitrogens is 3. The summed E-state index contributed by atoms with van der Waals surface area (Å²) in [6.07, 6.45) is 5.51. The Morgan fingerprint density at radius 3 is 2.05 bits per heavy atom. The van der Waals surface area contributed by atoms with Gasteiger partial charge in [-0.3, -0.25) is 14.2 Å². The topological polar surface area (TPSA) is 117 Å². The molecule has 2 amide bonds. The first-order valence-corrected chi connectivity index (χ1v) is 13.8. The van der Waals surface area contributed by atoms with Crippen molar-refractivity contribution in [3.05, 3.63) is 36.4 Å². The minimum Gasteiger partial charge on any atom is -0.493 e. The van der Waals surface area contributed by atoms with Gasteiger partial charge in [0.25, 0.3) is 0 Å². The summed E-state index contributed by atoms with van der Waals surface area (Å²) in [7, 11) is 4.74. The van der Waals surface area contributed by atoms with E-state index in [9.17, 15) is 9.59 Å². The van der Waals surface area contributed by atoms with Crippen molar-refractivity contribution in [2.45, 2.75) is 62.4 Å². The number of amides is 2. The minimum absolute atomic E-state index is 0.148. The Bertz CT molecular complexity index is 1280. The van der Waals surface area contributed by atoms with Gasteiger partial charge in [0.1, 0.15) is 0 Å². The van der Waals surface area contributed by atoms with E-state index in [1.54, 1.807) is 45.6 Å². The normalized spacial score (nSPS) is 14.4. The first-order valence-electron chi connectivity index (χ1n) is 12.9. The van der Waals surface area contributed by atoms with E-state index in [0.717, 1.165) is 31.2 Å². The fraction of sp³-hybridized carbons (Fsp3) is 0.429. The summed E-state index contributed by atoms with van der Waals surface area (Å²) in [5.74, 6) is 1.99. The highest BCUT2D eigenvalue weighted by molar-refractivity contribution is 8.00. The smallest absolute Gasteiger partial charge is 0.237 e. The number of ether oxygens (including phenoxy) is 3. The Morgan fingerprint density at radius 2 is 1.51 bits per heavy atom. The van der Waals surface area contributed by atoms with Gasteiger partial charge in [0.05, 0.1) is 26.6 Å². The molecule has 1 aliphatic carbocycles. The molecule has 4 rings (SSSR count). The molecule has 0 saturated heterocycles. The van der Waals surface area contributed by atoms with E-state index >= 15 is 0 Å². The molecular weight excluding hydrogens is 518 g/mol. The van der Waals surface area contributed by atoms with Crippen LogP contribution in [0.1, 0.15) is 52.0 Å². The number of rotatable bonds is 10. The molecular formula is C28H35N5O5S. The standard InChI is InChI=1S/C28H35N5O5S/c1-17(27(35)30-21-13-11-20(12-14-21)29-18(2)34)39-28-32-31-26(33(28)22-9-7-6-8-10-22)19-15-23(36-3)25(38-5)24(16-19)37-4/h11-17,22H,6-10H2,1-5H3,(H,29,34)(H,30,35)/t17-/m0/s1. The number of carbonyl (C=O) groups excluding carboxylic acids is 2. The minimum atomic E-state index is -0.431. The quantitative estimate of drug-likeness (QED) is 0.314. The lowest BCUT2D eigenvalue weighted by atomic mass is 9.95. The third kappa shape index (κ3) is 6.65. The van der Waals surface area contributed by atoms with Gasteiger partial charge in [0.15, 0.2) is 22.5 Å². The van der Waals surface area contributed by atoms with E-state index < -0.39 is 5.25 Å². The molecule has 208 valence electrons. The van der Waals surface area contributed by atoms with Crippen LogP contribution in [0.2, 0.25) is 0 Å². The summed E-state index contributed by atoms with van der Waals surface area (Å²) < 4.78 is 18.8. The van der Waals surface area contributed by atoms with Crippen LogP contribution in [-0.2, 0) is 9.59 Å². The number of nitrogens with one attached hydrogen (secondary N) is 2. The second kappa shape index (κ2) is 12.9. The zero-order chi connectivity index (χ0) is 27.9. The van der Waals surface area contributed by atoms with Crippen LogP contribution in [0, 0.1) is 0 Å². The van der Waals surface area contributed by atoms with Crippen molar-refractivity contribution in [2.75, 3.05) is 32.0 Å². The van der Waals surface area contributed by atoms with Crippen LogP contribution in [0.25, 0.3) is 11.4 Å². The Kier molecular flexibility index (Phi) is 9.34. The van der Waals surface area contributed by atoms with E-state index in [-0.39, 0.29) is 17.9 Å². The van der Waals surface area contributed by atoms with Gasteiger partial charge in [-0.05, 0) is 56.2 Å². The van der Waals surface area contributed by atoms with E-state index in [1.807, 2.05) is 19.1 Å². The summed E-state index contributed by atoms with van der Waals surface area (Å²) in [4.78, 5) is 24.3. The molecule has 1 atom stereocenters. The van der Waals surface area contributed by atoms with Gasteiger partial charge in [-0.25, -0.2) is 0 Å². The summed E-state index contributed by atoms with van der Waals surface area (Å²) in [6, 6.07) is 11.0. The van der Waals surface area contributed by atoms with Crippen molar-refractivity contribution in [1.82, 2.24) is 14.8 Å². The lowest BCUT2D eigenvalue weighted by molar-refractivity contribution is -0.115. The van der Waals surface area contributed by atoms with Crippen molar-refractivity contribution in [1.29, 1.82) is 0 Å².